The molecule has 0 bridgehead atoms. The number of hydrogen-bond acceptors (Lipinski definition) is 3. The molecule has 1 N–H and O–H groups in total. The Labute approximate surface area is 72.7 Å². The number of ether oxygens (including phenoxy) is 1. The molecule has 12 heavy (non-hydrogen) atoms. The second-order valence-electron chi connectivity index (χ2n) is 3.84. The minimum atomic E-state index is -0.916. The van der Waals surface area contributed by atoms with Gasteiger partial charge in [0.1, 0.15) is 0 Å². The summed E-state index contributed by atoms with van der Waals surface area (Å²) in [5.41, 5.74) is 0. The van der Waals surface area contributed by atoms with Crippen LogP contribution in [0.25, 0.3) is 0 Å². The summed E-state index contributed by atoms with van der Waals surface area (Å²) >= 11 is 0. The molecule has 70 valence electrons. The molecule has 3 atom stereocenters. The molecule has 1 saturated heterocycles. The van der Waals surface area contributed by atoms with Crippen molar-refractivity contribution in [1.29, 1.82) is 0 Å². The summed E-state index contributed by atoms with van der Waals surface area (Å²) < 4.78 is 4.89. The SMILES string of the molecule is CC(C)[C@H]1C[C@@H](C)OC(=O)[C@H]1O. The molecule has 0 aliphatic carbocycles. The van der Waals surface area contributed by atoms with Gasteiger partial charge in [-0.3, -0.25) is 0 Å². The fraction of sp³-hybridized carbons (Fsp3) is 0.889. The van der Waals surface area contributed by atoms with E-state index >= 15 is 0 Å². The fourth-order valence-electron chi connectivity index (χ4n) is 1.64. The van der Waals surface area contributed by atoms with Crippen LogP contribution in [0.15, 0.2) is 0 Å². The molecule has 0 saturated carbocycles. The summed E-state index contributed by atoms with van der Waals surface area (Å²) in [5.74, 6) is -0.0796. The summed E-state index contributed by atoms with van der Waals surface area (Å²) in [5, 5.41) is 9.45. The van der Waals surface area contributed by atoms with Crippen molar-refractivity contribution in [2.75, 3.05) is 0 Å². The first-order chi connectivity index (χ1) is 5.52. The summed E-state index contributed by atoms with van der Waals surface area (Å²) in [4.78, 5) is 11.0. The third kappa shape index (κ3) is 1.78. The van der Waals surface area contributed by atoms with Crippen LogP contribution < -0.4 is 0 Å². The van der Waals surface area contributed by atoms with E-state index in [2.05, 4.69) is 0 Å². The maximum Gasteiger partial charge on any atom is 0.335 e. The standard InChI is InChI=1S/C9H16O3/c1-5(2)7-4-6(3)12-9(11)8(7)10/h5-8,10H,4H2,1-3H3/t6-,7-,8+/m1/s1. The second-order valence-corrected chi connectivity index (χ2v) is 3.84. The van der Waals surface area contributed by atoms with Crippen LogP contribution in [0.3, 0.4) is 0 Å². The van der Waals surface area contributed by atoms with Crippen LogP contribution >= 0.6 is 0 Å². The molecule has 0 unspecified atom stereocenters. The highest BCUT2D eigenvalue weighted by Gasteiger charge is 2.36. The van der Waals surface area contributed by atoms with Gasteiger partial charge in [-0.05, 0) is 19.3 Å². The van der Waals surface area contributed by atoms with E-state index in [1.54, 1.807) is 0 Å². The van der Waals surface area contributed by atoms with Gasteiger partial charge in [-0.1, -0.05) is 13.8 Å². The highest BCUT2D eigenvalue weighted by molar-refractivity contribution is 5.75. The topological polar surface area (TPSA) is 46.5 Å². The summed E-state index contributed by atoms with van der Waals surface area (Å²) in [7, 11) is 0. The van der Waals surface area contributed by atoms with Gasteiger partial charge in [0.2, 0.25) is 0 Å². The van der Waals surface area contributed by atoms with Gasteiger partial charge in [0.15, 0.2) is 6.10 Å². The third-order valence-corrected chi connectivity index (χ3v) is 2.42. The summed E-state index contributed by atoms with van der Waals surface area (Å²) in [6.07, 6.45) is -0.195. The Morgan fingerprint density at radius 1 is 1.58 bits per heavy atom. The van der Waals surface area contributed by atoms with Gasteiger partial charge >= 0.3 is 5.97 Å². The van der Waals surface area contributed by atoms with Gasteiger partial charge in [-0.15, -0.1) is 0 Å². The van der Waals surface area contributed by atoms with Crippen LogP contribution in [-0.2, 0) is 9.53 Å². The molecular formula is C9H16O3. The van der Waals surface area contributed by atoms with Crippen molar-refractivity contribution in [3.8, 4) is 0 Å². The van der Waals surface area contributed by atoms with Gasteiger partial charge in [-0.2, -0.15) is 0 Å². The van der Waals surface area contributed by atoms with Crippen molar-refractivity contribution in [2.24, 2.45) is 11.8 Å². The Hall–Kier alpha value is -0.570. The lowest BCUT2D eigenvalue weighted by molar-refractivity contribution is -0.173. The molecule has 0 radical (unpaired) electrons. The molecule has 1 heterocycles. The summed E-state index contributed by atoms with van der Waals surface area (Å²) in [6, 6.07) is 0. The van der Waals surface area contributed by atoms with E-state index < -0.39 is 12.1 Å². The molecule has 1 fully saturated rings. The number of carbonyl (C=O) groups excluding carboxylic acids is 1. The zero-order valence-corrected chi connectivity index (χ0v) is 7.78. The first kappa shape index (κ1) is 9.52. The largest absolute Gasteiger partial charge is 0.461 e. The Morgan fingerprint density at radius 2 is 2.17 bits per heavy atom. The van der Waals surface area contributed by atoms with Gasteiger partial charge in [0, 0.05) is 5.92 Å². The van der Waals surface area contributed by atoms with Gasteiger partial charge in [-0.25, -0.2) is 4.79 Å². The molecule has 0 amide bonds. The molecule has 0 spiro atoms. The lowest BCUT2D eigenvalue weighted by Crippen LogP contribution is -2.42. The first-order valence-corrected chi connectivity index (χ1v) is 4.41. The normalized spacial score (nSPS) is 36.8. The van der Waals surface area contributed by atoms with Crippen molar-refractivity contribution in [3.05, 3.63) is 0 Å². The quantitative estimate of drug-likeness (QED) is 0.599. The Balaban J connectivity index is 2.66. The molecule has 0 aromatic rings. The smallest absolute Gasteiger partial charge is 0.335 e. The lowest BCUT2D eigenvalue weighted by atomic mass is 9.84. The summed E-state index contributed by atoms with van der Waals surface area (Å²) in [6.45, 7) is 5.89. The number of esters is 1. The van der Waals surface area contributed by atoms with Crippen molar-refractivity contribution < 1.29 is 14.6 Å². The average molecular weight is 172 g/mol. The molecule has 0 aromatic carbocycles. The zero-order valence-electron chi connectivity index (χ0n) is 7.78. The van der Waals surface area contributed by atoms with E-state index in [1.165, 1.54) is 0 Å². The predicted octanol–water partition coefficient (Wildman–Crippen LogP) is 0.955. The van der Waals surface area contributed by atoms with Crippen LogP contribution in [0.5, 0.6) is 0 Å². The Bertz CT molecular complexity index is 177. The number of hydrogen-bond donors (Lipinski definition) is 1. The average Bonchev–Trinajstić information content (AvgIpc) is 1.96. The number of aliphatic hydroxyl groups is 1. The van der Waals surface area contributed by atoms with E-state index in [9.17, 15) is 9.90 Å². The van der Waals surface area contributed by atoms with Gasteiger partial charge < -0.3 is 9.84 Å². The zero-order chi connectivity index (χ0) is 9.30. The number of aliphatic hydroxyl groups excluding tert-OH is 1. The Kier molecular flexibility index (Phi) is 2.73. The third-order valence-electron chi connectivity index (χ3n) is 2.42. The van der Waals surface area contributed by atoms with E-state index in [0.717, 1.165) is 6.42 Å². The number of cyclic esters (lactones) is 1. The van der Waals surface area contributed by atoms with Crippen LogP contribution in [-0.4, -0.2) is 23.3 Å². The monoisotopic (exact) mass is 172 g/mol. The van der Waals surface area contributed by atoms with Crippen LogP contribution in [0, 0.1) is 11.8 Å². The molecule has 0 aromatic heterocycles. The van der Waals surface area contributed by atoms with Crippen molar-refractivity contribution in [2.45, 2.75) is 39.4 Å². The molecule has 3 heteroatoms. The van der Waals surface area contributed by atoms with Gasteiger partial charge in [0.25, 0.3) is 0 Å². The minimum Gasteiger partial charge on any atom is -0.461 e. The molecule has 1 aliphatic rings. The lowest BCUT2D eigenvalue weighted by Gasteiger charge is -2.33. The van der Waals surface area contributed by atoms with Crippen LogP contribution in [0.4, 0.5) is 0 Å². The maximum absolute atomic E-state index is 11.0. The molecule has 1 rings (SSSR count). The Morgan fingerprint density at radius 3 is 2.67 bits per heavy atom. The molecule has 1 aliphatic heterocycles. The van der Waals surface area contributed by atoms with Crippen LogP contribution in [0.2, 0.25) is 0 Å². The van der Waals surface area contributed by atoms with Crippen molar-refractivity contribution >= 4 is 5.97 Å². The first-order valence-electron chi connectivity index (χ1n) is 4.41. The van der Waals surface area contributed by atoms with E-state index in [4.69, 9.17) is 4.74 Å². The fourth-order valence-corrected chi connectivity index (χ4v) is 1.64. The maximum atomic E-state index is 11.0. The molecule has 3 nitrogen and oxygen atoms in total. The van der Waals surface area contributed by atoms with Crippen molar-refractivity contribution in [3.63, 3.8) is 0 Å². The van der Waals surface area contributed by atoms with E-state index in [-0.39, 0.29) is 12.0 Å². The highest BCUT2D eigenvalue weighted by Crippen LogP contribution is 2.27. The number of rotatable bonds is 1. The second kappa shape index (κ2) is 3.44. The number of carbonyl (C=O) groups is 1. The van der Waals surface area contributed by atoms with Gasteiger partial charge in [0.05, 0.1) is 6.10 Å². The van der Waals surface area contributed by atoms with E-state index in [1.807, 2.05) is 20.8 Å². The predicted molar refractivity (Wildman–Crippen MR) is 44.5 cm³/mol. The van der Waals surface area contributed by atoms with Crippen molar-refractivity contribution in [1.82, 2.24) is 0 Å². The highest BCUT2D eigenvalue weighted by atomic mass is 16.6. The molecular weight excluding hydrogens is 156 g/mol. The minimum absolute atomic E-state index is 0.0479. The van der Waals surface area contributed by atoms with E-state index in [0.29, 0.717) is 5.92 Å². The van der Waals surface area contributed by atoms with Crippen LogP contribution in [0.1, 0.15) is 27.2 Å².